The largest absolute Gasteiger partial charge is 0.344 e. The quantitative estimate of drug-likeness (QED) is 0.909. The molecule has 6 heteroatoms. The maximum Gasteiger partial charge on any atom is 0.271 e. The Morgan fingerprint density at radius 2 is 1.96 bits per heavy atom. The molecular weight excluding hydrogens is 314 g/mol. The van der Waals surface area contributed by atoms with E-state index in [4.69, 9.17) is 4.98 Å². The van der Waals surface area contributed by atoms with Gasteiger partial charge in [0.2, 0.25) is 0 Å². The highest BCUT2D eigenvalue weighted by atomic mass is 16.1. The third-order valence-corrected chi connectivity index (χ3v) is 4.45. The molecule has 1 N–H and O–H groups in total. The summed E-state index contributed by atoms with van der Waals surface area (Å²) in [7, 11) is 0. The van der Waals surface area contributed by atoms with E-state index >= 15 is 0 Å². The van der Waals surface area contributed by atoms with Gasteiger partial charge >= 0.3 is 0 Å². The lowest BCUT2D eigenvalue weighted by Crippen LogP contribution is -2.38. The van der Waals surface area contributed by atoms with Crippen LogP contribution in [0.4, 0.5) is 0 Å². The Balaban J connectivity index is 1.92. The van der Waals surface area contributed by atoms with Crippen molar-refractivity contribution in [3.8, 4) is 0 Å². The standard InChI is InChI=1S/C19H25N5O/c1-18(2,3)17-22-10-12-13(8-19(4,5)9-14(12)24-17)23-16(25)15-11-20-6-7-21-15/h6-7,10-11,13H,8-9H2,1-5H3,(H,23,25)/t13-/m0/s1. The molecule has 0 fully saturated rings. The number of hydrogen-bond acceptors (Lipinski definition) is 5. The molecule has 0 saturated carbocycles. The lowest BCUT2D eigenvalue weighted by atomic mass is 9.74. The summed E-state index contributed by atoms with van der Waals surface area (Å²) in [5.74, 6) is 0.615. The average molecular weight is 339 g/mol. The monoisotopic (exact) mass is 339 g/mol. The van der Waals surface area contributed by atoms with Gasteiger partial charge in [-0.05, 0) is 18.3 Å². The molecule has 3 rings (SSSR count). The van der Waals surface area contributed by atoms with Gasteiger partial charge in [-0.15, -0.1) is 0 Å². The van der Waals surface area contributed by atoms with E-state index in [1.165, 1.54) is 12.4 Å². The van der Waals surface area contributed by atoms with Gasteiger partial charge in [0, 0.05) is 35.3 Å². The Morgan fingerprint density at radius 1 is 1.20 bits per heavy atom. The predicted molar refractivity (Wildman–Crippen MR) is 95.1 cm³/mol. The van der Waals surface area contributed by atoms with Crippen molar-refractivity contribution in [2.24, 2.45) is 5.41 Å². The van der Waals surface area contributed by atoms with E-state index in [1.54, 1.807) is 6.20 Å². The average Bonchev–Trinajstić information content (AvgIpc) is 2.53. The van der Waals surface area contributed by atoms with Crippen molar-refractivity contribution in [3.05, 3.63) is 47.6 Å². The van der Waals surface area contributed by atoms with Crippen molar-refractivity contribution in [2.45, 2.75) is 58.9 Å². The molecule has 6 nitrogen and oxygen atoms in total. The van der Waals surface area contributed by atoms with Crippen LogP contribution in [0.1, 0.15) is 74.7 Å². The fourth-order valence-corrected chi connectivity index (χ4v) is 3.19. The zero-order chi connectivity index (χ0) is 18.2. The number of fused-ring (bicyclic) bond motifs is 1. The molecule has 0 unspecified atom stereocenters. The molecule has 1 aliphatic rings. The number of rotatable bonds is 2. The van der Waals surface area contributed by atoms with Crippen LogP contribution in [0, 0.1) is 5.41 Å². The van der Waals surface area contributed by atoms with Gasteiger partial charge in [0.05, 0.1) is 12.2 Å². The Hall–Kier alpha value is -2.37. The molecule has 0 radical (unpaired) electrons. The van der Waals surface area contributed by atoms with E-state index < -0.39 is 0 Å². The molecule has 1 amide bonds. The van der Waals surface area contributed by atoms with Crippen LogP contribution in [0.5, 0.6) is 0 Å². The van der Waals surface area contributed by atoms with Gasteiger partial charge in [0.1, 0.15) is 11.5 Å². The van der Waals surface area contributed by atoms with Crippen LogP contribution in [0.15, 0.2) is 24.8 Å². The van der Waals surface area contributed by atoms with Crippen LogP contribution in [-0.4, -0.2) is 25.8 Å². The van der Waals surface area contributed by atoms with Crippen LogP contribution < -0.4 is 5.32 Å². The smallest absolute Gasteiger partial charge is 0.271 e. The number of nitrogens with zero attached hydrogens (tertiary/aromatic N) is 4. The molecule has 1 aliphatic carbocycles. The first-order valence-corrected chi connectivity index (χ1v) is 8.59. The molecule has 0 spiro atoms. The van der Waals surface area contributed by atoms with Gasteiger partial charge in [-0.3, -0.25) is 9.78 Å². The summed E-state index contributed by atoms with van der Waals surface area (Å²) in [5.41, 5.74) is 2.30. The summed E-state index contributed by atoms with van der Waals surface area (Å²) in [4.78, 5) is 29.9. The van der Waals surface area contributed by atoms with E-state index in [0.717, 1.165) is 29.9 Å². The predicted octanol–water partition coefficient (Wildman–Crippen LogP) is 3.01. The molecule has 25 heavy (non-hydrogen) atoms. The lowest BCUT2D eigenvalue weighted by molar-refractivity contribution is 0.0913. The highest BCUT2D eigenvalue weighted by Gasteiger charge is 2.35. The first kappa shape index (κ1) is 17.5. The minimum atomic E-state index is -0.221. The minimum absolute atomic E-state index is 0.0524. The zero-order valence-corrected chi connectivity index (χ0v) is 15.5. The Kier molecular flexibility index (Phi) is 4.31. The summed E-state index contributed by atoms with van der Waals surface area (Å²) in [6, 6.07) is -0.123. The van der Waals surface area contributed by atoms with Crippen molar-refractivity contribution in [1.82, 2.24) is 25.3 Å². The van der Waals surface area contributed by atoms with Crippen LogP contribution in [0.25, 0.3) is 0 Å². The second kappa shape index (κ2) is 6.17. The first-order valence-electron chi connectivity index (χ1n) is 8.59. The van der Waals surface area contributed by atoms with Crippen LogP contribution >= 0.6 is 0 Å². The summed E-state index contributed by atoms with van der Waals surface area (Å²) in [5, 5.41) is 3.08. The third kappa shape index (κ3) is 3.83. The number of carbonyl (C=O) groups is 1. The van der Waals surface area contributed by atoms with Crippen LogP contribution in [0.3, 0.4) is 0 Å². The number of aromatic nitrogens is 4. The van der Waals surface area contributed by atoms with E-state index in [-0.39, 0.29) is 22.8 Å². The zero-order valence-electron chi connectivity index (χ0n) is 15.5. The number of nitrogens with one attached hydrogen (secondary N) is 1. The molecular formula is C19H25N5O. The van der Waals surface area contributed by atoms with E-state index in [1.807, 2.05) is 6.20 Å². The maximum atomic E-state index is 12.5. The van der Waals surface area contributed by atoms with Gasteiger partial charge in [0.25, 0.3) is 5.91 Å². The number of amides is 1. The van der Waals surface area contributed by atoms with Gasteiger partial charge in [-0.1, -0.05) is 34.6 Å². The summed E-state index contributed by atoms with van der Waals surface area (Å²) < 4.78 is 0. The van der Waals surface area contributed by atoms with E-state index in [0.29, 0.717) is 5.69 Å². The Labute approximate surface area is 148 Å². The first-order chi connectivity index (χ1) is 11.7. The second-order valence-corrected chi connectivity index (χ2v) is 8.51. The van der Waals surface area contributed by atoms with Gasteiger partial charge in [-0.2, -0.15) is 0 Å². The van der Waals surface area contributed by atoms with Crippen molar-refractivity contribution in [2.75, 3.05) is 0 Å². The van der Waals surface area contributed by atoms with Crippen LogP contribution in [-0.2, 0) is 11.8 Å². The molecule has 2 heterocycles. The van der Waals surface area contributed by atoms with Crippen molar-refractivity contribution in [3.63, 3.8) is 0 Å². The number of carbonyl (C=O) groups excluding carboxylic acids is 1. The fourth-order valence-electron chi connectivity index (χ4n) is 3.19. The lowest BCUT2D eigenvalue weighted by Gasteiger charge is -2.37. The fraction of sp³-hybridized carbons (Fsp3) is 0.526. The topological polar surface area (TPSA) is 80.7 Å². The molecule has 0 aliphatic heterocycles. The normalized spacial score (nSPS) is 19.2. The SMILES string of the molecule is CC1(C)Cc2nc(C(C)(C)C)ncc2[C@@H](NC(=O)c2cnccn2)C1. The van der Waals surface area contributed by atoms with Gasteiger partial charge in [-0.25, -0.2) is 15.0 Å². The van der Waals surface area contributed by atoms with Crippen molar-refractivity contribution >= 4 is 5.91 Å². The Morgan fingerprint density at radius 3 is 2.60 bits per heavy atom. The molecule has 0 aromatic carbocycles. The highest BCUT2D eigenvalue weighted by molar-refractivity contribution is 5.92. The third-order valence-electron chi connectivity index (χ3n) is 4.45. The highest BCUT2D eigenvalue weighted by Crippen LogP contribution is 2.40. The molecule has 132 valence electrons. The molecule has 1 atom stereocenters. The number of hydrogen-bond donors (Lipinski definition) is 1. The van der Waals surface area contributed by atoms with Gasteiger partial charge in [0.15, 0.2) is 0 Å². The maximum absolute atomic E-state index is 12.5. The van der Waals surface area contributed by atoms with Crippen LogP contribution in [0.2, 0.25) is 0 Å². The van der Waals surface area contributed by atoms with E-state index in [9.17, 15) is 4.79 Å². The molecule has 2 aromatic rings. The Bertz CT molecular complexity index is 780. The molecule has 0 bridgehead atoms. The summed E-state index contributed by atoms with van der Waals surface area (Å²) in [6.45, 7) is 10.7. The van der Waals surface area contributed by atoms with Crippen molar-refractivity contribution < 1.29 is 4.79 Å². The second-order valence-electron chi connectivity index (χ2n) is 8.51. The van der Waals surface area contributed by atoms with Crippen molar-refractivity contribution in [1.29, 1.82) is 0 Å². The molecule has 2 aromatic heterocycles. The molecule has 0 saturated heterocycles. The van der Waals surface area contributed by atoms with E-state index in [2.05, 4.69) is 54.9 Å². The van der Waals surface area contributed by atoms with Gasteiger partial charge < -0.3 is 5.32 Å². The summed E-state index contributed by atoms with van der Waals surface area (Å²) in [6.07, 6.45) is 8.14. The summed E-state index contributed by atoms with van der Waals surface area (Å²) >= 11 is 0. The minimum Gasteiger partial charge on any atom is -0.344 e.